The van der Waals surface area contributed by atoms with E-state index in [4.69, 9.17) is 9.47 Å². The number of benzene rings is 2. The molecule has 0 aliphatic carbocycles. The molecule has 4 heteroatoms. The molecule has 22 heavy (non-hydrogen) atoms. The second kappa shape index (κ2) is 7.07. The third-order valence-corrected chi connectivity index (χ3v) is 3.21. The molecule has 0 heterocycles. The maximum atomic E-state index is 14.0. The highest BCUT2D eigenvalue weighted by Crippen LogP contribution is 2.29. The van der Waals surface area contributed by atoms with E-state index in [1.807, 2.05) is 0 Å². The fraction of sp³-hybridized carbons (Fsp3) is 0.222. The molecule has 0 fully saturated rings. The van der Waals surface area contributed by atoms with Crippen molar-refractivity contribution < 1.29 is 18.3 Å². The average Bonchev–Trinajstić information content (AvgIpc) is 2.53. The van der Waals surface area contributed by atoms with Crippen molar-refractivity contribution in [1.82, 2.24) is 0 Å². The lowest BCUT2D eigenvalue weighted by atomic mass is 10.1. The van der Waals surface area contributed by atoms with Gasteiger partial charge in [-0.3, -0.25) is 0 Å². The van der Waals surface area contributed by atoms with E-state index in [0.29, 0.717) is 22.6 Å². The Morgan fingerprint density at radius 3 is 2.27 bits per heavy atom. The number of rotatable bonds is 6. The average molecular weight is 304 g/mol. The molecule has 0 atom stereocenters. The van der Waals surface area contributed by atoms with Crippen LogP contribution in [0.1, 0.15) is 11.1 Å². The SMILES string of the molecule is COc1ccc(/C=C/C(F)(F)Cc2ccccc2)cc1OC. The molecule has 0 spiro atoms. The summed E-state index contributed by atoms with van der Waals surface area (Å²) in [5.41, 5.74) is 1.23. The Morgan fingerprint density at radius 1 is 0.955 bits per heavy atom. The molecule has 0 amide bonds. The first kappa shape index (κ1) is 16.0. The van der Waals surface area contributed by atoms with E-state index >= 15 is 0 Å². The maximum absolute atomic E-state index is 14.0. The van der Waals surface area contributed by atoms with Gasteiger partial charge in [0.2, 0.25) is 0 Å². The standard InChI is InChI=1S/C18H18F2O2/c1-21-16-9-8-14(12-17(16)22-2)10-11-18(19,20)13-15-6-4-3-5-7-15/h3-12H,13H2,1-2H3/b11-10+. The van der Waals surface area contributed by atoms with Gasteiger partial charge in [0.25, 0.3) is 5.92 Å². The minimum Gasteiger partial charge on any atom is -0.493 e. The number of alkyl halides is 2. The number of ether oxygens (including phenoxy) is 2. The minimum absolute atomic E-state index is 0.322. The number of hydrogen-bond acceptors (Lipinski definition) is 2. The van der Waals surface area contributed by atoms with Crippen LogP contribution in [-0.4, -0.2) is 20.1 Å². The molecule has 2 aromatic rings. The van der Waals surface area contributed by atoms with E-state index in [2.05, 4.69) is 0 Å². The van der Waals surface area contributed by atoms with Gasteiger partial charge >= 0.3 is 0 Å². The first-order chi connectivity index (χ1) is 10.5. The van der Waals surface area contributed by atoms with Crippen molar-refractivity contribution in [3.05, 3.63) is 65.7 Å². The maximum Gasteiger partial charge on any atom is 0.270 e. The number of methoxy groups -OCH3 is 2. The van der Waals surface area contributed by atoms with Crippen LogP contribution in [0.4, 0.5) is 8.78 Å². The summed E-state index contributed by atoms with van der Waals surface area (Å²) in [7, 11) is 3.04. The molecular weight excluding hydrogens is 286 g/mol. The molecule has 0 saturated carbocycles. The lowest BCUT2D eigenvalue weighted by Gasteiger charge is -2.12. The van der Waals surface area contributed by atoms with Gasteiger partial charge in [0.1, 0.15) is 0 Å². The highest BCUT2D eigenvalue weighted by atomic mass is 19.3. The van der Waals surface area contributed by atoms with Crippen LogP contribution in [0.3, 0.4) is 0 Å². The number of hydrogen-bond donors (Lipinski definition) is 0. The number of allylic oxidation sites excluding steroid dienone is 1. The molecule has 0 radical (unpaired) electrons. The van der Waals surface area contributed by atoms with Gasteiger partial charge in [0.15, 0.2) is 11.5 Å². The van der Waals surface area contributed by atoms with Gasteiger partial charge in [-0.1, -0.05) is 42.5 Å². The van der Waals surface area contributed by atoms with Crippen LogP contribution < -0.4 is 9.47 Å². The van der Waals surface area contributed by atoms with Crippen molar-refractivity contribution in [1.29, 1.82) is 0 Å². The fourth-order valence-electron chi connectivity index (χ4n) is 2.10. The van der Waals surface area contributed by atoms with Crippen LogP contribution in [0.5, 0.6) is 11.5 Å². The van der Waals surface area contributed by atoms with Crippen molar-refractivity contribution in [2.75, 3.05) is 14.2 Å². The quantitative estimate of drug-likeness (QED) is 0.777. The number of halogens is 2. The van der Waals surface area contributed by atoms with Crippen LogP contribution in [0.25, 0.3) is 6.08 Å². The molecule has 2 aromatic carbocycles. The normalized spacial score (nSPS) is 11.6. The molecule has 2 nitrogen and oxygen atoms in total. The van der Waals surface area contributed by atoms with Crippen molar-refractivity contribution in [2.24, 2.45) is 0 Å². The lowest BCUT2D eigenvalue weighted by Crippen LogP contribution is -2.15. The Labute approximate surface area is 129 Å². The predicted octanol–water partition coefficient (Wildman–Crippen LogP) is 4.60. The first-order valence-electron chi connectivity index (χ1n) is 6.87. The Morgan fingerprint density at radius 2 is 1.64 bits per heavy atom. The van der Waals surface area contributed by atoms with Crippen LogP contribution >= 0.6 is 0 Å². The molecular formula is C18H18F2O2. The van der Waals surface area contributed by atoms with Crippen LogP contribution in [-0.2, 0) is 6.42 Å². The topological polar surface area (TPSA) is 18.5 Å². The zero-order valence-corrected chi connectivity index (χ0v) is 12.6. The van der Waals surface area contributed by atoms with E-state index in [1.165, 1.54) is 20.3 Å². The third-order valence-electron chi connectivity index (χ3n) is 3.21. The molecule has 116 valence electrons. The van der Waals surface area contributed by atoms with Crippen molar-refractivity contribution in [2.45, 2.75) is 12.3 Å². The van der Waals surface area contributed by atoms with Gasteiger partial charge in [-0.2, -0.15) is 0 Å². The Kier molecular flexibility index (Phi) is 5.15. The van der Waals surface area contributed by atoms with Crippen LogP contribution in [0, 0.1) is 0 Å². The summed E-state index contributed by atoms with van der Waals surface area (Å²) in [5, 5.41) is 0. The van der Waals surface area contributed by atoms with Gasteiger partial charge in [-0.05, 0) is 29.3 Å². The smallest absolute Gasteiger partial charge is 0.270 e. The second-order valence-corrected chi connectivity index (χ2v) is 4.87. The molecule has 0 unspecified atom stereocenters. The van der Waals surface area contributed by atoms with Crippen LogP contribution in [0.15, 0.2) is 54.6 Å². The Bertz CT molecular complexity index is 637. The highest BCUT2D eigenvalue weighted by Gasteiger charge is 2.25. The second-order valence-electron chi connectivity index (χ2n) is 4.87. The van der Waals surface area contributed by atoms with Gasteiger partial charge in [0.05, 0.1) is 14.2 Å². The lowest BCUT2D eigenvalue weighted by molar-refractivity contribution is 0.0567. The zero-order valence-electron chi connectivity index (χ0n) is 12.6. The first-order valence-corrected chi connectivity index (χ1v) is 6.87. The molecule has 0 aromatic heterocycles. The molecule has 0 N–H and O–H groups in total. The van der Waals surface area contributed by atoms with Crippen molar-refractivity contribution >= 4 is 6.08 Å². The summed E-state index contributed by atoms with van der Waals surface area (Å²) in [6.07, 6.45) is 1.99. The van der Waals surface area contributed by atoms with E-state index < -0.39 is 5.92 Å². The van der Waals surface area contributed by atoms with Gasteiger partial charge in [0, 0.05) is 6.42 Å². The monoisotopic (exact) mass is 304 g/mol. The van der Waals surface area contributed by atoms with Crippen molar-refractivity contribution in [3.63, 3.8) is 0 Å². The molecule has 2 rings (SSSR count). The van der Waals surface area contributed by atoms with Crippen molar-refractivity contribution in [3.8, 4) is 11.5 Å². The Hall–Kier alpha value is -2.36. The van der Waals surface area contributed by atoms with E-state index in [0.717, 1.165) is 6.08 Å². The summed E-state index contributed by atoms with van der Waals surface area (Å²) < 4.78 is 38.2. The van der Waals surface area contributed by atoms with Gasteiger partial charge < -0.3 is 9.47 Å². The van der Waals surface area contributed by atoms with Gasteiger partial charge in [-0.15, -0.1) is 0 Å². The van der Waals surface area contributed by atoms with Crippen LogP contribution in [0.2, 0.25) is 0 Å². The predicted molar refractivity (Wildman–Crippen MR) is 83.7 cm³/mol. The van der Waals surface area contributed by atoms with E-state index in [1.54, 1.807) is 48.5 Å². The third kappa shape index (κ3) is 4.32. The molecule has 0 saturated heterocycles. The molecule has 0 aliphatic heterocycles. The largest absolute Gasteiger partial charge is 0.493 e. The summed E-state index contributed by atoms with van der Waals surface area (Å²) in [4.78, 5) is 0. The zero-order chi connectivity index (χ0) is 16.0. The van der Waals surface area contributed by atoms with E-state index in [9.17, 15) is 8.78 Å². The minimum atomic E-state index is -2.91. The van der Waals surface area contributed by atoms with E-state index in [-0.39, 0.29) is 6.42 Å². The molecule has 0 aliphatic rings. The fourth-order valence-corrected chi connectivity index (χ4v) is 2.10. The van der Waals surface area contributed by atoms with Gasteiger partial charge in [-0.25, -0.2) is 8.78 Å². The summed E-state index contributed by atoms with van der Waals surface area (Å²) in [6.45, 7) is 0. The summed E-state index contributed by atoms with van der Waals surface area (Å²) >= 11 is 0. The highest BCUT2D eigenvalue weighted by molar-refractivity contribution is 5.56. The summed E-state index contributed by atoms with van der Waals surface area (Å²) in [6, 6.07) is 13.8. The summed E-state index contributed by atoms with van der Waals surface area (Å²) in [5.74, 6) is -1.83. The Balaban J connectivity index is 2.13. The molecule has 0 bridgehead atoms.